The van der Waals surface area contributed by atoms with Gasteiger partial charge in [0.25, 0.3) is 0 Å². The molecule has 0 radical (unpaired) electrons. The van der Waals surface area contributed by atoms with Gasteiger partial charge in [-0.2, -0.15) is 5.90 Å². The molecule has 1 rings (SSSR count). The molecule has 23 heavy (non-hydrogen) atoms. The lowest BCUT2D eigenvalue weighted by molar-refractivity contribution is -0.163. The first-order valence-electron chi connectivity index (χ1n) is 6.96. The Labute approximate surface area is 133 Å². The molecular formula is C15H20N2O6. The van der Waals surface area contributed by atoms with Crippen molar-refractivity contribution in [2.45, 2.75) is 38.1 Å². The highest BCUT2D eigenvalue weighted by molar-refractivity contribution is 5.91. The molecule has 0 aliphatic carbocycles. The molecule has 0 spiro atoms. The maximum Gasteiger partial charge on any atom is 0.333 e. The van der Waals surface area contributed by atoms with E-state index in [4.69, 9.17) is 10.5 Å². The van der Waals surface area contributed by atoms with Crippen molar-refractivity contribution in [3.63, 3.8) is 0 Å². The van der Waals surface area contributed by atoms with E-state index in [1.807, 2.05) is 0 Å². The zero-order valence-corrected chi connectivity index (χ0v) is 12.8. The molecule has 0 saturated heterocycles. The van der Waals surface area contributed by atoms with E-state index in [0.717, 1.165) is 0 Å². The minimum atomic E-state index is -1.40. The summed E-state index contributed by atoms with van der Waals surface area (Å²) in [6.45, 7) is 1.45. The second-order valence-electron chi connectivity index (χ2n) is 5.37. The van der Waals surface area contributed by atoms with Crippen molar-refractivity contribution in [2.75, 3.05) is 0 Å². The molecular weight excluding hydrogens is 304 g/mol. The van der Waals surface area contributed by atoms with E-state index in [2.05, 4.69) is 10.7 Å². The summed E-state index contributed by atoms with van der Waals surface area (Å²) in [6, 6.07) is 6.18. The lowest BCUT2D eigenvalue weighted by Gasteiger charge is -2.21. The Morgan fingerprint density at radius 2 is 1.70 bits per heavy atom. The first-order chi connectivity index (χ1) is 10.7. The van der Waals surface area contributed by atoms with Crippen molar-refractivity contribution < 1.29 is 29.1 Å². The van der Waals surface area contributed by atoms with Gasteiger partial charge in [0.2, 0.25) is 0 Å². The normalized spacial score (nSPS) is 13.0. The second-order valence-corrected chi connectivity index (χ2v) is 5.37. The van der Waals surface area contributed by atoms with Crippen LogP contribution < -0.4 is 11.6 Å². The van der Waals surface area contributed by atoms with Crippen molar-refractivity contribution in [1.82, 2.24) is 0 Å². The molecule has 1 aromatic carbocycles. The van der Waals surface area contributed by atoms with Crippen LogP contribution in [0, 0.1) is 0 Å². The molecule has 0 unspecified atom stereocenters. The number of phenols is 1. The number of hydrogen-bond acceptors (Lipinski definition) is 8. The molecule has 0 aliphatic heterocycles. The average Bonchev–Trinajstić information content (AvgIpc) is 2.49. The third kappa shape index (κ3) is 6.45. The number of benzene rings is 1. The van der Waals surface area contributed by atoms with Gasteiger partial charge in [0.15, 0.2) is 0 Å². The molecule has 1 aromatic rings. The third-order valence-corrected chi connectivity index (χ3v) is 3.07. The number of nitrogens with two attached hydrogens (primary N) is 2. The van der Waals surface area contributed by atoms with E-state index in [-0.39, 0.29) is 31.4 Å². The SMILES string of the molecule is C[C@](N)(Cc1ccc(O)cc1)C(=O)OC(=O)CCCC(=O)ON. The third-order valence-electron chi connectivity index (χ3n) is 3.07. The second kappa shape index (κ2) is 8.25. The molecule has 0 saturated carbocycles. The molecule has 8 heteroatoms. The fourth-order valence-electron chi connectivity index (χ4n) is 1.82. The van der Waals surface area contributed by atoms with Gasteiger partial charge < -0.3 is 20.4 Å². The molecule has 8 nitrogen and oxygen atoms in total. The molecule has 0 fully saturated rings. The number of phenolic OH excluding ortho intramolecular Hbond substituents is 1. The lowest BCUT2D eigenvalue weighted by Crippen LogP contribution is -2.48. The summed E-state index contributed by atoms with van der Waals surface area (Å²) < 4.78 is 4.69. The topological polar surface area (TPSA) is 142 Å². The number of carbonyl (C=O) groups is 3. The quantitative estimate of drug-likeness (QED) is 0.369. The van der Waals surface area contributed by atoms with Crippen LogP contribution in [0.3, 0.4) is 0 Å². The summed E-state index contributed by atoms with van der Waals surface area (Å²) >= 11 is 0. The number of ether oxygens (including phenoxy) is 1. The molecule has 126 valence electrons. The van der Waals surface area contributed by atoms with Crippen LogP contribution in [-0.2, 0) is 30.4 Å². The molecule has 0 aliphatic rings. The highest BCUT2D eigenvalue weighted by Gasteiger charge is 2.32. The average molecular weight is 324 g/mol. The fourth-order valence-corrected chi connectivity index (χ4v) is 1.82. The Bertz CT molecular complexity index is 568. The van der Waals surface area contributed by atoms with Crippen LogP contribution in [-0.4, -0.2) is 28.6 Å². The number of hydrogen-bond donors (Lipinski definition) is 3. The first kappa shape index (κ1) is 18.6. The highest BCUT2D eigenvalue weighted by Crippen LogP contribution is 2.16. The van der Waals surface area contributed by atoms with Gasteiger partial charge in [0.1, 0.15) is 11.3 Å². The predicted molar refractivity (Wildman–Crippen MR) is 79.6 cm³/mol. The van der Waals surface area contributed by atoms with Crippen molar-refractivity contribution in [3.05, 3.63) is 29.8 Å². The van der Waals surface area contributed by atoms with Crippen LogP contribution in [0.25, 0.3) is 0 Å². The standard InChI is InChI=1S/C15H20N2O6/c1-15(16,9-10-5-7-11(18)8-6-10)14(21)22-12(19)3-2-4-13(20)23-17/h5-8,18H,2-4,9,16-17H2,1H3/t15-/m0/s1. The fraction of sp³-hybridized carbons (Fsp3) is 0.400. The largest absolute Gasteiger partial charge is 0.508 e. The molecule has 1 atom stereocenters. The zero-order valence-electron chi connectivity index (χ0n) is 12.8. The van der Waals surface area contributed by atoms with Gasteiger partial charge in [-0.25, -0.2) is 4.79 Å². The Morgan fingerprint density at radius 1 is 1.13 bits per heavy atom. The van der Waals surface area contributed by atoms with Gasteiger partial charge >= 0.3 is 17.9 Å². The lowest BCUT2D eigenvalue weighted by atomic mass is 9.94. The molecule has 0 amide bonds. The van der Waals surface area contributed by atoms with Crippen molar-refractivity contribution in [2.24, 2.45) is 11.6 Å². The molecule has 0 bridgehead atoms. The summed E-state index contributed by atoms with van der Waals surface area (Å²) in [4.78, 5) is 38.3. The van der Waals surface area contributed by atoms with Crippen LogP contribution in [0.2, 0.25) is 0 Å². The molecule has 5 N–H and O–H groups in total. The minimum absolute atomic E-state index is 0.0484. The number of aromatic hydroxyl groups is 1. The number of esters is 2. The van der Waals surface area contributed by atoms with E-state index in [0.29, 0.717) is 5.56 Å². The van der Waals surface area contributed by atoms with Gasteiger partial charge in [-0.1, -0.05) is 12.1 Å². The van der Waals surface area contributed by atoms with Gasteiger partial charge in [-0.15, -0.1) is 0 Å². The van der Waals surface area contributed by atoms with Crippen LogP contribution in [0.5, 0.6) is 5.75 Å². The van der Waals surface area contributed by atoms with Crippen LogP contribution in [0.1, 0.15) is 31.7 Å². The van der Waals surface area contributed by atoms with Gasteiger partial charge in [0.05, 0.1) is 0 Å². The maximum absolute atomic E-state index is 12.0. The monoisotopic (exact) mass is 324 g/mol. The van der Waals surface area contributed by atoms with E-state index in [1.54, 1.807) is 12.1 Å². The van der Waals surface area contributed by atoms with Crippen LogP contribution in [0.15, 0.2) is 24.3 Å². The maximum atomic E-state index is 12.0. The Kier molecular flexibility index (Phi) is 6.67. The van der Waals surface area contributed by atoms with Gasteiger partial charge in [0, 0.05) is 19.3 Å². The van der Waals surface area contributed by atoms with E-state index >= 15 is 0 Å². The van der Waals surface area contributed by atoms with E-state index in [9.17, 15) is 19.5 Å². The summed E-state index contributed by atoms with van der Waals surface area (Å²) in [7, 11) is 0. The Balaban J connectivity index is 2.49. The summed E-state index contributed by atoms with van der Waals surface area (Å²) in [5.41, 5.74) is 5.21. The minimum Gasteiger partial charge on any atom is -0.508 e. The summed E-state index contributed by atoms with van der Waals surface area (Å²) in [6.07, 6.45) is 0.115. The summed E-state index contributed by atoms with van der Waals surface area (Å²) in [5, 5.41) is 9.21. The molecule has 0 heterocycles. The Hall–Kier alpha value is -2.45. The van der Waals surface area contributed by atoms with Gasteiger partial charge in [-0.3, -0.25) is 9.59 Å². The first-order valence-corrected chi connectivity index (χ1v) is 6.96. The van der Waals surface area contributed by atoms with E-state index < -0.39 is 23.4 Å². The van der Waals surface area contributed by atoms with Gasteiger partial charge in [-0.05, 0) is 31.0 Å². The van der Waals surface area contributed by atoms with Crippen molar-refractivity contribution in [1.29, 1.82) is 0 Å². The number of rotatable bonds is 7. The summed E-state index contributed by atoms with van der Waals surface area (Å²) in [5.74, 6) is 2.46. The van der Waals surface area contributed by atoms with E-state index in [1.165, 1.54) is 19.1 Å². The highest BCUT2D eigenvalue weighted by atomic mass is 16.7. The van der Waals surface area contributed by atoms with Crippen LogP contribution in [0.4, 0.5) is 0 Å². The number of carbonyl (C=O) groups excluding carboxylic acids is 3. The zero-order chi connectivity index (χ0) is 17.5. The molecule has 0 aromatic heterocycles. The van der Waals surface area contributed by atoms with Crippen molar-refractivity contribution >= 4 is 17.9 Å². The van der Waals surface area contributed by atoms with Crippen molar-refractivity contribution in [3.8, 4) is 5.75 Å². The smallest absolute Gasteiger partial charge is 0.333 e. The predicted octanol–water partition coefficient (Wildman–Crippen LogP) is 0.309. The Morgan fingerprint density at radius 3 is 2.26 bits per heavy atom. The van der Waals surface area contributed by atoms with Crippen LogP contribution >= 0.6 is 0 Å².